The molecule has 0 unspecified atom stereocenters. The molecule has 3 aromatic rings. The van der Waals surface area contributed by atoms with E-state index in [1.165, 1.54) is 11.3 Å². The second-order valence-corrected chi connectivity index (χ2v) is 7.02. The number of para-hydroxylation sites is 1. The van der Waals surface area contributed by atoms with Crippen LogP contribution in [0.5, 0.6) is 0 Å². The van der Waals surface area contributed by atoms with Crippen molar-refractivity contribution in [2.24, 2.45) is 0 Å². The van der Waals surface area contributed by atoms with Gasteiger partial charge in [0.2, 0.25) is 5.95 Å². The molecule has 0 saturated carbocycles. The van der Waals surface area contributed by atoms with Crippen molar-refractivity contribution in [3.05, 3.63) is 75.9 Å². The Balaban J connectivity index is 1.44. The first-order valence-corrected chi connectivity index (χ1v) is 9.32. The summed E-state index contributed by atoms with van der Waals surface area (Å²) < 4.78 is 0. The van der Waals surface area contributed by atoms with Gasteiger partial charge in [0.1, 0.15) is 5.82 Å². The van der Waals surface area contributed by atoms with E-state index < -0.39 is 0 Å². The van der Waals surface area contributed by atoms with Crippen LogP contribution in [-0.2, 0) is 12.8 Å². The molecule has 0 amide bonds. The van der Waals surface area contributed by atoms with Crippen molar-refractivity contribution in [3.8, 4) is 0 Å². The fourth-order valence-corrected chi connectivity index (χ4v) is 3.70. The molecule has 4 nitrogen and oxygen atoms in total. The summed E-state index contributed by atoms with van der Waals surface area (Å²) in [6, 6.07) is 16.0. The van der Waals surface area contributed by atoms with Gasteiger partial charge >= 0.3 is 0 Å². The predicted molar refractivity (Wildman–Crippen MR) is 108 cm³/mol. The first kappa shape index (κ1) is 17.1. The molecule has 2 heterocycles. The fraction of sp³-hybridized carbons (Fsp3) is 0.200. The van der Waals surface area contributed by atoms with Crippen molar-refractivity contribution in [3.63, 3.8) is 0 Å². The Kier molecular flexibility index (Phi) is 4.96. The van der Waals surface area contributed by atoms with Crippen LogP contribution >= 0.6 is 23.2 Å². The van der Waals surface area contributed by atoms with Crippen LogP contribution in [0, 0.1) is 0 Å². The molecule has 0 radical (unpaired) electrons. The number of hydrogen-bond acceptors (Lipinski definition) is 4. The van der Waals surface area contributed by atoms with E-state index in [2.05, 4.69) is 44.5 Å². The Hall–Kier alpha value is -2.30. The minimum absolute atomic E-state index is 0.622. The van der Waals surface area contributed by atoms with Crippen LogP contribution < -0.4 is 10.2 Å². The normalized spacial score (nSPS) is 12.9. The maximum Gasteiger partial charge on any atom is 0.224 e. The third-order valence-corrected chi connectivity index (χ3v) is 5.08. The smallest absolute Gasteiger partial charge is 0.224 e. The summed E-state index contributed by atoms with van der Waals surface area (Å²) >= 11 is 12.2. The summed E-state index contributed by atoms with van der Waals surface area (Å²) in [5.41, 5.74) is 3.64. The molecule has 0 bridgehead atoms. The summed E-state index contributed by atoms with van der Waals surface area (Å²) in [5.74, 6) is 1.54. The Bertz CT molecular complexity index is 929. The second-order valence-electron chi connectivity index (χ2n) is 6.18. The Morgan fingerprint density at radius 1 is 1.08 bits per heavy atom. The lowest BCUT2D eigenvalue weighted by molar-refractivity contribution is 0.947. The topological polar surface area (TPSA) is 41.1 Å². The monoisotopic (exact) mass is 384 g/mol. The van der Waals surface area contributed by atoms with Crippen LogP contribution in [0.25, 0.3) is 0 Å². The minimum Gasteiger partial charge on any atom is -0.354 e. The molecular weight excluding hydrogens is 367 g/mol. The molecule has 1 aliphatic heterocycles. The summed E-state index contributed by atoms with van der Waals surface area (Å²) in [4.78, 5) is 11.2. The highest BCUT2D eigenvalue weighted by Gasteiger charge is 2.20. The molecule has 26 heavy (non-hydrogen) atoms. The Morgan fingerprint density at radius 3 is 2.85 bits per heavy atom. The third kappa shape index (κ3) is 3.62. The van der Waals surface area contributed by atoms with Gasteiger partial charge in [-0.15, -0.1) is 0 Å². The van der Waals surface area contributed by atoms with E-state index in [1.54, 1.807) is 12.3 Å². The number of nitrogens with one attached hydrogen (secondary N) is 1. The minimum atomic E-state index is 0.622. The molecule has 0 fully saturated rings. The quantitative estimate of drug-likeness (QED) is 0.661. The van der Waals surface area contributed by atoms with E-state index in [0.717, 1.165) is 30.8 Å². The van der Waals surface area contributed by atoms with E-state index in [0.29, 0.717) is 22.5 Å². The summed E-state index contributed by atoms with van der Waals surface area (Å²) in [6.45, 7) is 1.64. The average Bonchev–Trinajstić information content (AvgIpc) is 3.08. The number of fused-ring (bicyclic) bond motifs is 1. The first-order valence-electron chi connectivity index (χ1n) is 8.57. The molecule has 132 valence electrons. The maximum atomic E-state index is 6.22. The van der Waals surface area contributed by atoms with Gasteiger partial charge < -0.3 is 10.2 Å². The molecule has 0 saturated heterocycles. The first-order chi connectivity index (χ1) is 12.7. The number of anilines is 3. The van der Waals surface area contributed by atoms with Crippen LogP contribution in [0.3, 0.4) is 0 Å². The van der Waals surface area contributed by atoms with Gasteiger partial charge in [0, 0.05) is 35.0 Å². The molecule has 4 rings (SSSR count). The molecule has 1 N–H and O–H groups in total. The summed E-state index contributed by atoms with van der Waals surface area (Å²) in [7, 11) is 0. The van der Waals surface area contributed by atoms with Crippen LogP contribution in [0.1, 0.15) is 11.1 Å². The number of nitrogens with zero attached hydrogens (tertiary/aromatic N) is 3. The van der Waals surface area contributed by atoms with Gasteiger partial charge in [0.15, 0.2) is 0 Å². The lowest BCUT2D eigenvalue weighted by atomic mass is 10.1. The largest absolute Gasteiger partial charge is 0.354 e. The average molecular weight is 385 g/mol. The van der Waals surface area contributed by atoms with E-state index in [1.807, 2.05) is 18.2 Å². The predicted octanol–water partition coefficient (Wildman–Crippen LogP) is 5.13. The van der Waals surface area contributed by atoms with Crippen LogP contribution in [-0.4, -0.2) is 23.1 Å². The van der Waals surface area contributed by atoms with Gasteiger partial charge in [-0.05, 0) is 48.2 Å². The van der Waals surface area contributed by atoms with Crippen molar-refractivity contribution in [1.82, 2.24) is 9.97 Å². The van der Waals surface area contributed by atoms with Gasteiger partial charge in [-0.2, -0.15) is 4.98 Å². The molecule has 2 aromatic carbocycles. The van der Waals surface area contributed by atoms with Crippen molar-refractivity contribution >= 4 is 40.7 Å². The van der Waals surface area contributed by atoms with E-state index in [4.69, 9.17) is 23.2 Å². The SMILES string of the molecule is Clc1ccc(CCNc2nccc(N3CCc4ccccc43)n2)c(Cl)c1. The van der Waals surface area contributed by atoms with Gasteiger partial charge in [-0.25, -0.2) is 4.98 Å². The van der Waals surface area contributed by atoms with Gasteiger partial charge in [-0.1, -0.05) is 47.5 Å². The zero-order chi connectivity index (χ0) is 17.9. The lowest BCUT2D eigenvalue weighted by Crippen LogP contribution is -2.16. The number of hydrogen-bond donors (Lipinski definition) is 1. The van der Waals surface area contributed by atoms with Crippen LogP contribution in [0.15, 0.2) is 54.7 Å². The summed E-state index contributed by atoms with van der Waals surface area (Å²) in [5, 5.41) is 4.61. The van der Waals surface area contributed by atoms with E-state index in [9.17, 15) is 0 Å². The Morgan fingerprint density at radius 2 is 1.96 bits per heavy atom. The Labute approximate surface area is 162 Å². The zero-order valence-electron chi connectivity index (χ0n) is 14.1. The lowest BCUT2D eigenvalue weighted by Gasteiger charge is -2.18. The highest BCUT2D eigenvalue weighted by molar-refractivity contribution is 6.35. The van der Waals surface area contributed by atoms with Crippen molar-refractivity contribution in [1.29, 1.82) is 0 Å². The number of rotatable bonds is 5. The molecule has 0 atom stereocenters. The van der Waals surface area contributed by atoms with Crippen molar-refractivity contribution in [2.75, 3.05) is 23.3 Å². The third-order valence-electron chi connectivity index (χ3n) is 4.50. The molecule has 1 aromatic heterocycles. The highest BCUT2D eigenvalue weighted by atomic mass is 35.5. The fourth-order valence-electron chi connectivity index (χ4n) is 3.19. The number of halogens is 2. The standard InChI is InChI=1S/C20H18Cl2N4/c21-16-6-5-14(17(22)13-16)7-10-23-20-24-11-8-19(25-20)26-12-9-15-3-1-2-4-18(15)26/h1-6,8,11,13H,7,9-10,12H2,(H,23,24,25). The van der Waals surface area contributed by atoms with E-state index in [-0.39, 0.29) is 0 Å². The van der Waals surface area contributed by atoms with Crippen molar-refractivity contribution < 1.29 is 0 Å². The van der Waals surface area contributed by atoms with Crippen molar-refractivity contribution in [2.45, 2.75) is 12.8 Å². The second kappa shape index (κ2) is 7.52. The molecule has 0 aliphatic carbocycles. The highest BCUT2D eigenvalue weighted by Crippen LogP contribution is 2.33. The van der Waals surface area contributed by atoms with Crippen LogP contribution in [0.2, 0.25) is 10.0 Å². The zero-order valence-corrected chi connectivity index (χ0v) is 15.6. The van der Waals surface area contributed by atoms with E-state index >= 15 is 0 Å². The molecule has 1 aliphatic rings. The van der Waals surface area contributed by atoms with Gasteiger partial charge in [-0.3, -0.25) is 0 Å². The molecule has 6 heteroatoms. The van der Waals surface area contributed by atoms with Gasteiger partial charge in [0.05, 0.1) is 0 Å². The number of aromatic nitrogens is 2. The maximum absolute atomic E-state index is 6.22. The number of benzene rings is 2. The summed E-state index contributed by atoms with van der Waals surface area (Å²) in [6.07, 6.45) is 3.61. The van der Waals surface area contributed by atoms with Crippen LogP contribution in [0.4, 0.5) is 17.5 Å². The molecule has 0 spiro atoms. The molecular formula is C20H18Cl2N4. The van der Waals surface area contributed by atoms with Gasteiger partial charge in [0.25, 0.3) is 0 Å².